The van der Waals surface area contributed by atoms with Crippen molar-refractivity contribution < 1.29 is 9.30 Å². The summed E-state index contributed by atoms with van der Waals surface area (Å²) in [5.41, 5.74) is 4.77. The van der Waals surface area contributed by atoms with E-state index in [1.165, 1.54) is 42.0 Å². The minimum atomic E-state index is 0.907. The molecule has 1 aliphatic rings. The summed E-state index contributed by atoms with van der Waals surface area (Å²) < 4.78 is 10.4. The highest BCUT2D eigenvalue weighted by atomic mass is 16.5. The smallest absolute Gasteiger partial charge is 0.262 e. The van der Waals surface area contributed by atoms with Crippen LogP contribution in [0, 0.1) is 0 Å². The molecule has 0 unspecified atom stereocenters. The molecule has 2 aromatic carbocycles. The Hall–Kier alpha value is -3.01. The van der Waals surface area contributed by atoms with Crippen LogP contribution in [0.25, 0.3) is 17.8 Å². The molecule has 0 N–H and O–H groups in total. The van der Waals surface area contributed by atoms with Crippen LogP contribution in [0.3, 0.4) is 0 Å². The minimum Gasteiger partial charge on any atom is -0.492 e. The molecule has 0 spiro atoms. The lowest BCUT2D eigenvalue weighted by Crippen LogP contribution is -2.34. The van der Waals surface area contributed by atoms with Crippen molar-refractivity contribution in [1.82, 2.24) is 4.57 Å². The summed E-state index contributed by atoms with van der Waals surface area (Å²) in [4.78, 5) is 2.12. The second-order valence-corrected chi connectivity index (χ2v) is 7.79. The van der Waals surface area contributed by atoms with Crippen LogP contribution < -0.4 is 14.2 Å². The SMILES string of the molecule is COc1ccccc1-[n+]1cc(/C=C/c2ccc(N(C)C)cc2)n2c1CCCCC2. The number of benzene rings is 2. The number of aromatic nitrogens is 2. The maximum absolute atomic E-state index is 5.64. The maximum Gasteiger partial charge on any atom is 0.262 e. The molecule has 0 saturated heterocycles. The highest BCUT2D eigenvalue weighted by Crippen LogP contribution is 2.23. The van der Waals surface area contributed by atoms with Gasteiger partial charge in [-0.1, -0.05) is 30.3 Å². The van der Waals surface area contributed by atoms with Gasteiger partial charge in [0.25, 0.3) is 5.82 Å². The Morgan fingerprint density at radius 2 is 1.76 bits per heavy atom. The fourth-order valence-electron chi connectivity index (χ4n) is 4.03. The summed E-state index contributed by atoms with van der Waals surface area (Å²) >= 11 is 0. The number of imidazole rings is 1. The van der Waals surface area contributed by atoms with Crippen molar-refractivity contribution in [1.29, 1.82) is 0 Å². The first kappa shape index (κ1) is 19.3. The van der Waals surface area contributed by atoms with Crippen molar-refractivity contribution in [3.63, 3.8) is 0 Å². The predicted octanol–water partition coefficient (Wildman–Crippen LogP) is 4.74. The third-order valence-electron chi connectivity index (χ3n) is 5.65. The second-order valence-electron chi connectivity index (χ2n) is 7.79. The maximum atomic E-state index is 5.64. The number of nitrogens with zero attached hydrogens (tertiary/aromatic N) is 3. The van der Waals surface area contributed by atoms with Crippen molar-refractivity contribution >= 4 is 17.8 Å². The monoisotopic (exact) mass is 388 g/mol. The van der Waals surface area contributed by atoms with Gasteiger partial charge in [-0.2, -0.15) is 4.57 Å². The largest absolute Gasteiger partial charge is 0.492 e. The topological polar surface area (TPSA) is 21.3 Å². The molecule has 4 rings (SSSR count). The summed E-state index contributed by atoms with van der Waals surface area (Å²) in [7, 11) is 5.88. The number of hydrogen-bond donors (Lipinski definition) is 0. The minimum absolute atomic E-state index is 0.907. The lowest BCUT2D eigenvalue weighted by Gasteiger charge is -2.11. The molecule has 0 radical (unpaired) electrons. The highest BCUT2D eigenvalue weighted by Gasteiger charge is 2.26. The van der Waals surface area contributed by atoms with Crippen molar-refractivity contribution in [2.24, 2.45) is 0 Å². The molecule has 0 saturated carbocycles. The lowest BCUT2D eigenvalue weighted by molar-refractivity contribution is -0.604. The number of ether oxygens (including phenoxy) is 1. The molecule has 2 heterocycles. The molecule has 1 aromatic heterocycles. The van der Waals surface area contributed by atoms with Gasteiger partial charge in [0.1, 0.15) is 6.20 Å². The van der Waals surface area contributed by atoms with Gasteiger partial charge in [0.15, 0.2) is 17.1 Å². The summed E-state index contributed by atoms with van der Waals surface area (Å²) in [5.74, 6) is 2.26. The average Bonchev–Trinajstić information content (AvgIpc) is 2.92. The van der Waals surface area contributed by atoms with Crippen LogP contribution in [0.15, 0.2) is 54.7 Å². The Labute approximate surface area is 173 Å². The molecule has 29 heavy (non-hydrogen) atoms. The Morgan fingerprint density at radius 1 is 0.966 bits per heavy atom. The van der Waals surface area contributed by atoms with Crippen molar-refractivity contribution in [3.8, 4) is 11.4 Å². The van der Waals surface area contributed by atoms with E-state index in [9.17, 15) is 0 Å². The Morgan fingerprint density at radius 3 is 2.52 bits per heavy atom. The molecular formula is C25H30N3O+. The van der Waals surface area contributed by atoms with Gasteiger partial charge in [0.05, 0.1) is 13.7 Å². The first-order valence-corrected chi connectivity index (χ1v) is 10.4. The third-order valence-corrected chi connectivity index (χ3v) is 5.65. The van der Waals surface area contributed by atoms with E-state index in [0.29, 0.717) is 0 Å². The molecule has 0 atom stereocenters. The zero-order chi connectivity index (χ0) is 20.2. The van der Waals surface area contributed by atoms with Gasteiger partial charge < -0.3 is 9.64 Å². The first-order valence-electron chi connectivity index (χ1n) is 10.4. The zero-order valence-electron chi connectivity index (χ0n) is 17.6. The molecule has 4 nitrogen and oxygen atoms in total. The Balaban J connectivity index is 1.73. The summed E-state index contributed by atoms with van der Waals surface area (Å²) in [5, 5.41) is 0. The standard InChI is InChI=1S/C25H30N3O/c1-26(2)21-15-12-20(13-16-21)14-17-22-19-28(23-9-6-7-10-24(23)29-3)25-11-5-4-8-18-27(22)25/h6-7,9-10,12-17,19H,4-5,8,11,18H2,1-3H3/q+1/b17-14+. The van der Waals surface area contributed by atoms with Crippen LogP contribution in [0.5, 0.6) is 5.75 Å². The number of fused-ring (bicyclic) bond motifs is 1. The molecule has 3 aromatic rings. The van der Waals surface area contributed by atoms with E-state index in [0.717, 1.165) is 24.4 Å². The zero-order valence-corrected chi connectivity index (χ0v) is 17.6. The second kappa shape index (κ2) is 8.56. The van der Waals surface area contributed by atoms with Crippen molar-refractivity contribution in [2.45, 2.75) is 32.2 Å². The molecule has 0 amide bonds. The fraction of sp³-hybridized carbons (Fsp3) is 0.320. The molecule has 150 valence electrons. The van der Waals surface area contributed by atoms with Crippen LogP contribution in [-0.2, 0) is 13.0 Å². The van der Waals surface area contributed by atoms with Gasteiger partial charge in [0, 0.05) is 26.2 Å². The van der Waals surface area contributed by atoms with E-state index in [2.05, 4.69) is 82.9 Å². The number of anilines is 1. The fourth-order valence-corrected chi connectivity index (χ4v) is 4.03. The van der Waals surface area contributed by atoms with E-state index in [4.69, 9.17) is 4.74 Å². The quantitative estimate of drug-likeness (QED) is 0.589. The molecule has 0 aliphatic carbocycles. The third kappa shape index (κ3) is 4.07. The van der Waals surface area contributed by atoms with Crippen LogP contribution >= 0.6 is 0 Å². The van der Waals surface area contributed by atoms with Gasteiger partial charge in [0.2, 0.25) is 0 Å². The number of rotatable bonds is 5. The number of methoxy groups -OCH3 is 1. The average molecular weight is 389 g/mol. The molecule has 0 fully saturated rings. The van der Waals surface area contributed by atoms with Gasteiger partial charge >= 0.3 is 0 Å². The van der Waals surface area contributed by atoms with E-state index < -0.39 is 0 Å². The number of para-hydroxylation sites is 2. The number of hydrogen-bond acceptors (Lipinski definition) is 2. The van der Waals surface area contributed by atoms with Gasteiger partial charge in [-0.3, -0.25) is 0 Å². The molecular weight excluding hydrogens is 358 g/mol. The molecule has 0 bridgehead atoms. The highest BCUT2D eigenvalue weighted by molar-refractivity contribution is 5.69. The van der Waals surface area contributed by atoms with Crippen LogP contribution in [0.1, 0.15) is 36.3 Å². The van der Waals surface area contributed by atoms with E-state index in [1.54, 1.807) is 7.11 Å². The summed E-state index contributed by atoms with van der Waals surface area (Å²) in [6, 6.07) is 16.9. The molecule has 1 aliphatic heterocycles. The van der Waals surface area contributed by atoms with Crippen molar-refractivity contribution in [3.05, 3.63) is 71.8 Å². The summed E-state index contributed by atoms with van der Waals surface area (Å²) in [6.45, 7) is 1.07. The first-order chi connectivity index (χ1) is 14.2. The van der Waals surface area contributed by atoms with Gasteiger partial charge in [-0.25, -0.2) is 4.57 Å². The summed E-state index contributed by atoms with van der Waals surface area (Å²) in [6.07, 6.45) is 11.5. The Bertz CT molecular complexity index is 999. The van der Waals surface area contributed by atoms with Crippen LogP contribution in [0.2, 0.25) is 0 Å². The van der Waals surface area contributed by atoms with Gasteiger partial charge in [-0.15, -0.1) is 0 Å². The normalized spacial score (nSPS) is 13.9. The van der Waals surface area contributed by atoms with Gasteiger partial charge in [-0.05, 0) is 55.2 Å². The van der Waals surface area contributed by atoms with Crippen LogP contribution in [0.4, 0.5) is 5.69 Å². The van der Waals surface area contributed by atoms with E-state index >= 15 is 0 Å². The molecule has 4 heteroatoms. The van der Waals surface area contributed by atoms with E-state index in [1.807, 2.05) is 12.1 Å². The van der Waals surface area contributed by atoms with Crippen molar-refractivity contribution in [2.75, 3.05) is 26.1 Å². The lowest BCUT2D eigenvalue weighted by atomic mass is 10.2. The van der Waals surface area contributed by atoms with E-state index in [-0.39, 0.29) is 0 Å². The Kier molecular flexibility index (Phi) is 5.70. The van der Waals surface area contributed by atoms with Crippen LogP contribution in [-0.4, -0.2) is 25.8 Å². The predicted molar refractivity (Wildman–Crippen MR) is 120 cm³/mol.